The van der Waals surface area contributed by atoms with Crippen LogP contribution in [0.5, 0.6) is 5.88 Å². The SMILES string of the molecule is COc1cc2ccccc2c(N2CCN(CCCNc3cc(=O)oc4ccccc34)CC2)n1. The molecule has 0 aliphatic carbocycles. The lowest BCUT2D eigenvalue weighted by molar-refractivity contribution is 0.256. The van der Waals surface area contributed by atoms with E-state index in [0.717, 1.165) is 73.4 Å². The minimum Gasteiger partial charge on any atom is -0.481 e. The summed E-state index contributed by atoms with van der Waals surface area (Å²) in [7, 11) is 1.66. The zero-order valence-corrected chi connectivity index (χ0v) is 18.8. The predicted molar refractivity (Wildman–Crippen MR) is 133 cm³/mol. The van der Waals surface area contributed by atoms with Gasteiger partial charge < -0.3 is 19.4 Å². The molecule has 0 spiro atoms. The van der Waals surface area contributed by atoms with Crippen LogP contribution in [0.4, 0.5) is 11.5 Å². The number of nitrogens with one attached hydrogen (secondary N) is 1. The molecule has 7 nitrogen and oxygen atoms in total. The van der Waals surface area contributed by atoms with Gasteiger partial charge in [-0.05, 0) is 30.5 Å². The lowest BCUT2D eigenvalue weighted by Crippen LogP contribution is -2.47. The van der Waals surface area contributed by atoms with Crippen molar-refractivity contribution in [3.8, 4) is 5.88 Å². The van der Waals surface area contributed by atoms with Gasteiger partial charge in [-0.15, -0.1) is 0 Å². The normalized spacial score (nSPS) is 14.6. The molecule has 2 aromatic carbocycles. The Bertz CT molecular complexity index is 1310. The van der Waals surface area contributed by atoms with Gasteiger partial charge >= 0.3 is 5.63 Å². The highest BCUT2D eigenvalue weighted by atomic mass is 16.5. The van der Waals surface area contributed by atoms with Crippen LogP contribution in [0.1, 0.15) is 6.42 Å². The molecule has 1 N–H and O–H groups in total. The lowest BCUT2D eigenvalue weighted by atomic mass is 10.1. The number of pyridine rings is 1. The molecular formula is C26H28N4O3. The van der Waals surface area contributed by atoms with Crippen molar-refractivity contribution in [1.82, 2.24) is 9.88 Å². The molecule has 33 heavy (non-hydrogen) atoms. The third-order valence-electron chi connectivity index (χ3n) is 6.19. The van der Waals surface area contributed by atoms with Gasteiger partial charge in [-0.3, -0.25) is 4.90 Å². The predicted octanol–water partition coefficient (Wildman–Crippen LogP) is 3.97. The van der Waals surface area contributed by atoms with Gasteiger partial charge in [-0.2, -0.15) is 4.98 Å². The molecule has 0 unspecified atom stereocenters. The van der Waals surface area contributed by atoms with E-state index in [0.29, 0.717) is 11.5 Å². The number of fused-ring (bicyclic) bond motifs is 2. The van der Waals surface area contributed by atoms with Crippen LogP contribution >= 0.6 is 0 Å². The van der Waals surface area contributed by atoms with E-state index in [-0.39, 0.29) is 5.63 Å². The monoisotopic (exact) mass is 444 g/mol. The maximum absolute atomic E-state index is 11.8. The Morgan fingerprint density at radius 3 is 2.58 bits per heavy atom. The topological polar surface area (TPSA) is 70.8 Å². The summed E-state index contributed by atoms with van der Waals surface area (Å²) in [4.78, 5) is 21.4. The van der Waals surface area contributed by atoms with Crippen molar-refractivity contribution < 1.29 is 9.15 Å². The smallest absolute Gasteiger partial charge is 0.338 e. The minimum atomic E-state index is -0.328. The Hall–Kier alpha value is -3.58. The number of benzene rings is 2. The summed E-state index contributed by atoms with van der Waals surface area (Å²) < 4.78 is 10.7. The molecule has 0 amide bonds. The molecule has 170 valence electrons. The highest BCUT2D eigenvalue weighted by molar-refractivity contribution is 5.93. The maximum atomic E-state index is 11.8. The molecule has 2 aromatic heterocycles. The average molecular weight is 445 g/mol. The number of rotatable bonds is 7. The first kappa shape index (κ1) is 21.3. The van der Waals surface area contributed by atoms with E-state index in [1.54, 1.807) is 7.11 Å². The van der Waals surface area contributed by atoms with Gasteiger partial charge in [0, 0.05) is 55.6 Å². The van der Waals surface area contributed by atoms with Crippen molar-refractivity contribution in [2.24, 2.45) is 0 Å². The number of nitrogens with zero attached hydrogens (tertiary/aromatic N) is 3. The Labute approximate surface area is 192 Å². The molecule has 1 aliphatic rings. The molecule has 0 atom stereocenters. The van der Waals surface area contributed by atoms with E-state index in [2.05, 4.69) is 33.3 Å². The van der Waals surface area contributed by atoms with Crippen molar-refractivity contribution in [2.75, 3.05) is 56.6 Å². The van der Waals surface area contributed by atoms with Crippen molar-refractivity contribution >= 4 is 33.2 Å². The standard InChI is InChI=1S/C26H28N4O3/c1-32-24-17-19-7-2-3-8-20(19)26(28-24)30-15-13-29(14-16-30)12-6-11-27-22-18-25(31)33-23-10-5-4-9-21(22)23/h2-5,7-10,17-18,27H,6,11-16H2,1H3. The Morgan fingerprint density at radius 1 is 1.00 bits per heavy atom. The van der Waals surface area contributed by atoms with Crippen LogP contribution in [0.3, 0.4) is 0 Å². The molecule has 5 rings (SSSR count). The summed E-state index contributed by atoms with van der Waals surface area (Å²) in [6.45, 7) is 5.66. The van der Waals surface area contributed by atoms with Crippen LogP contribution in [-0.2, 0) is 0 Å². The van der Waals surface area contributed by atoms with E-state index in [1.165, 1.54) is 6.07 Å². The third kappa shape index (κ3) is 4.64. The summed E-state index contributed by atoms with van der Waals surface area (Å²) in [6.07, 6.45) is 0.995. The van der Waals surface area contributed by atoms with Crippen LogP contribution in [0.2, 0.25) is 0 Å². The Balaban J connectivity index is 1.16. The van der Waals surface area contributed by atoms with E-state index in [4.69, 9.17) is 14.1 Å². The molecule has 1 aliphatic heterocycles. The second-order valence-corrected chi connectivity index (χ2v) is 8.29. The van der Waals surface area contributed by atoms with Crippen molar-refractivity contribution in [1.29, 1.82) is 0 Å². The minimum absolute atomic E-state index is 0.328. The maximum Gasteiger partial charge on any atom is 0.338 e. The van der Waals surface area contributed by atoms with E-state index >= 15 is 0 Å². The second-order valence-electron chi connectivity index (χ2n) is 8.29. The first-order valence-electron chi connectivity index (χ1n) is 11.4. The van der Waals surface area contributed by atoms with Crippen molar-refractivity contribution in [3.63, 3.8) is 0 Å². The fourth-order valence-corrected chi connectivity index (χ4v) is 4.47. The average Bonchev–Trinajstić information content (AvgIpc) is 2.86. The summed E-state index contributed by atoms with van der Waals surface area (Å²) in [6, 6.07) is 19.5. The third-order valence-corrected chi connectivity index (χ3v) is 6.19. The Kier molecular flexibility index (Phi) is 6.13. The molecule has 4 aromatic rings. The molecule has 1 fully saturated rings. The fraction of sp³-hybridized carbons (Fsp3) is 0.308. The summed E-state index contributed by atoms with van der Waals surface area (Å²) in [5, 5.41) is 6.66. The number of piperazine rings is 1. The molecule has 0 radical (unpaired) electrons. The first-order chi connectivity index (χ1) is 16.2. The van der Waals surface area contributed by atoms with Gasteiger partial charge in [0.05, 0.1) is 12.8 Å². The lowest BCUT2D eigenvalue weighted by Gasteiger charge is -2.36. The van der Waals surface area contributed by atoms with Gasteiger partial charge in [-0.25, -0.2) is 4.79 Å². The Morgan fingerprint density at radius 2 is 1.76 bits per heavy atom. The molecular weight excluding hydrogens is 416 g/mol. The number of ether oxygens (including phenoxy) is 1. The van der Waals surface area contributed by atoms with Crippen LogP contribution in [0.25, 0.3) is 21.7 Å². The highest BCUT2D eigenvalue weighted by Gasteiger charge is 2.20. The summed E-state index contributed by atoms with van der Waals surface area (Å²) in [5.41, 5.74) is 1.12. The van der Waals surface area contributed by atoms with Crippen LogP contribution in [0, 0.1) is 0 Å². The van der Waals surface area contributed by atoms with E-state index in [1.807, 2.05) is 36.4 Å². The number of para-hydroxylation sites is 1. The number of hydrogen-bond donors (Lipinski definition) is 1. The number of hydrogen-bond acceptors (Lipinski definition) is 7. The summed E-state index contributed by atoms with van der Waals surface area (Å²) in [5.74, 6) is 1.65. The van der Waals surface area contributed by atoms with E-state index in [9.17, 15) is 4.79 Å². The number of anilines is 2. The second kappa shape index (κ2) is 9.50. The van der Waals surface area contributed by atoms with Crippen molar-refractivity contribution in [3.05, 3.63) is 71.1 Å². The number of methoxy groups -OCH3 is 1. The quantitative estimate of drug-likeness (QED) is 0.342. The van der Waals surface area contributed by atoms with Gasteiger partial charge in [-0.1, -0.05) is 36.4 Å². The van der Waals surface area contributed by atoms with E-state index < -0.39 is 0 Å². The zero-order chi connectivity index (χ0) is 22.6. The molecule has 7 heteroatoms. The summed E-state index contributed by atoms with van der Waals surface area (Å²) >= 11 is 0. The van der Waals surface area contributed by atoms with Crippen LogP contribution < -0.4 is 20.6 Å². The molecule has 0 saturated carbocycles. The van der Waals surface area contributed by atoms with Gasteiger partial charge in [0.2, 0.25) is 5.88 Å². The van der Waals surface area contributed by atoms with Crippen LogP contribution in [-0.4, -0.2) is 56.3 Å². The first-order valence-corrected chi connectivity index (χ1v) is 11.4. The molecule has 3 heterocycles. The molecule has 0 bridgehead atoms. The fourth-order valence-electron chi connectivity index (χ4n) is 4.47. The number of aromatic nitrogens is 1. The van der Waals surface area contributed by atoms with Gasteiger partial charge in [0.15, 0.2) is 0 Å². The highest BCUT2D eigenvalue weighted by Crippen LogP contribution is 2.29. The largest absolute Gasteiger partial charge is 0.481 e. The van der Waals surface area contributed by atoms with Crippen molar-refractivity contribution in [2.45, 2.75) is 6.42 Å². The van der Waals surface area contributed by atoms with Gasteiger partial charge in [0.25, 0.3) is 0 Å². The zero-order valence-electron chi connectivity index (χ0n) is 18.8. The molecule has 1 saturated heterocycles. The van der Waals surface area contributed by atoms with Crippen LogP contribution in [0.15, 0.2) is 69.9 Å². The van der Waals surface area contributed by atoms with Gasteiger partial charge in [0.1, 0.15) is 11.4 Å².